The van der Waals surface area contributed by atoms with E-state index in [4.69, 9.17) is 0 Å². The first-order valence-corrected chi connectivity index (χ1v) is 6.31. The van der Waals surface area contributed by atoms with Crippen LogP contribution >= 0.6 is 0 Å². The number of nitrogens with zero attached hydrogens (tertiary/aromatic N) is 2. The normalized spacial score (nSPS) is 10.8. The largest absolute Gasteiger partial charge is 0.507 e. The third-order valence-electron chi connectivity index (χ3n) is 3.01. The van der Waals surface area contributed by atoms with Crippen LogP contribution in [-0.4, -0.2) is 16.2 Å². The van der Waals surface area contributed by atoms with Gasteiger partial charge in [0, 0.05) is 6.07 Å². The number of aromatic hydroxyl groups is 1. The Labute approximate surface area is 121 Å². The number of nitrogens with one attached hydrogen (secondary N) is 1. The van der Waals surface area contributed by atoms with Crippen molar-refractivity contribution in [2.75, 3.05) is 5.43 Å². The third-order valence-corrected chi connectivity index (χ3v) is 3.01. The molecule has 0 heterocycles. The summed E-state index contributed by atoms with van der Waals surface area (Å²) in [5, 5.41) is 24.6. The van der Waals surface area contributed by atoms with Crippen LogP contribution in [0.5, 0.6) is 5.75 Å². The molecule has 0 aromatic heterocycles. The van der Waals surface area contributed by atoms with Crippen LogP contribution in [-0.2, 0) is 0 Å². The number of nitro groups is 1. The standard InChI is InChI=1S/C15H15N3O3/c1-10-7-12(8-11(2)15(10)19)9-16-17-13-5-3-4-6-14(13)18(20)21/h3-9,17,19H,1-2H3/b16-9+. The lowest BCUT2D eigenvalue weighted by Crippen LogP contribution is -1.97. The molecule has 0 fully saturated rings. The summed E-state index contributed by atoms with van der Waals surface area (Å²) in [6.45, 7) is 3.60. The molecule has 21 heavy (non-hydrogen) atoms. The second-order valence-electron chi connectivity index (χ2n) is 4.65. The Morgan fingerprint density at radius 2 is 1.86 bits per heavy atom. The van der Waals surface area contributed by atoms with E-state index < -0.39 is 4.92 Å². The maximum Gasteiger partial charge on any atom is 0.294 e. The third kappa shape index (κ3) is 3.36. The number of rotatable bonds is 4. The molecule has 0 spiro atoms. The lowest BCUT2D eigenvalue weighted by Gasteiger charge is -2.05. The van der Waals surface area contributed by atoms with Crippen molar-refractivity contribution in [2.45, 2.75) is 13.8 Å². The molecule has 6 nitrogen and oxygen atoms in total. The molecule has 6 heteroatoms. The Morgan fingerprint density at radius 1 is 1.24 bits per heavy atom. The fourth-order valence-electron chi connectivity index (χ4n) is 1.97. The Morgan fingerprint density at radius 3 is 2.48 bits per heavy atom. The van der Waals surface area contributed by atoms with E-state index >= 15 is 0 Å². The molecule has 0 aliphatic heterocycles. The van der Waals surface area contributed by atoms with Gasteiger partial charge in [0.05, 0.1) is 11.1 Å². The summed E-state index contributed by atoms with van der Waals surface area (Å²) in [7, 11) is 0. The van der Waals surface area contributed by atoms with E-state index in [2.05, 4.69) is 10.5 Å². The zero-order valence-electron chi connectivity index (χ0n) is 11.7. The summed E-state index contributed by atoms with van der Waals surface area (Å²) in [6.07, 6.45) is 1.55. The van der Waals surface area contributed by atoms with E-state index in [-0.39, 0.29) is 11.4 Å². The van der Waals surface area contributed by atoms with Crippen molar-refractivity contribution in [3.63, 3.8) is 0 Å². The van der Waals surface area contributed by atoms with Crippen LogP contribution in [0.15, 0.2) is 41.5 Å². The molecule has 0 radical (unpaired) electrons. The van der Waals surface area contributed by atoms with Gasteiger partial charge in [-0.2, -0.15) is 5.10 Å². The van der Waals surface area contributed by atoms with Gasteiger partial charge in [-0.3, -0.25) is 15.5 Å². The Kier molecular flexibility index (Phi) is 4.18. The molecule has 2 aromatic rings. The molecule has 0 unspecified atom stereocenters. The molecular weight excluding hydrogens is 270 g/mol. The van der Waals surface area contributed by atoms with Crippen LogP contribution in [0.1, 0.15) is 16.7 Å². The second-order valence-corrected chi connectivity index (χ2v) is 4.65. The number of phenols is 1. The molecule has 2 N–H and O–H groups in total. The molecule has 108 valence electrons. The molecule has 0 saturated carbocycles. The van der Waals surface area contributed by atoms with Crippen LogP contribution in [0.3, 0.4) is 0 Å². The predicted molar refractivity (Wildman–Crippen MR) is 81.9 cm³/mol. The first kappa shape index (κ1) is 14.5. The average molecular weight is 285 g/mol. The van der Waals surface area contributed by atoms with Gasteiger partial charge in [0.15, 0.2) is 0 Å². The summed E-state index contributed by atoms with van der Waals surface area (Å²) in [5.41, 5.74) is 5.26. The van der Waals surface area contributed by atoms with Crippen molar-refractivity contribution in [1.29, 1.82) is 0 Å². The Bertz CT molecular complexity index is 688. The van der Waals surface area contributed by atoms with Gasteiger partial charge in [-0.05, 0) is 48.7 Å². The van der Waals surface area contributed by atoms with Crippen molar-refractivity contribution in [1.82, 2.24) is 0 Å². The van der Waals surface area contributed by atoms with E-state index in [1.165, 1.54) is 6.07 Å². The molecule has 0 amide bonds. The molecule has 0 aliphatic carbocycles. The van der Waals surface area contributed by atoms with Gasteiger partial charge < -0.3 is 5.11 Å². The molecule has 0 saturated heterocycles. The number of hydrogen-bond acceptors (Lipinski definition) is 5. The molecule has 0 bridgehead atoms. The Balaban J connectivity index is 2.19. The van der Waals surface area contributed by atoms with E-state index in [0.717, 1.165) is 16.7 Å². The van der Waals surface area contributed by atoms with Gasteiger partial charge in [-0.15, -0.1) is 0 Å². The van der Waals surface area contributed by atoms with E-state index in [1.54, 1.807) is 50.4 Å². The molecular formula is C15H15N3O3. The van der Waals surface area contributed by atoms with Gasteiger partial charge >= 0.3 is 0 Å². The fraction of sp³-hybridized carbons (Fsp3) is 0.133. The van der Waals surface area contributed by atoms with E-state index in [9.17, 15) is 15.2 Å². The minimum Gasteiger partial charge on any atom is -0.507 e. The van der Waals surface area contributed by atoms with Gasteiger partial charge in [0.2, 0.25) is 0 Å². The van der Waals surface area contributed by atoms with E-state index in [0.29, 0.717) is 5.69 Å². The van der Waals surface area contributed by atoms with Crippen LogP contribution in [0.4, 0.5) is 11.4 Å². The van der Waals surface area contributed by atoms with Gasteiger partial charge in [0.25, 0.3) is 5.69 Å². The minimum atomic E-state index is -0.466. The molecule has 2 rings (SSSR count). The fourth-order valence-corrected chi connectivity index (χ4v) is 1.97. The number of nitro benzene ring substituents is 1. The van der Waals surface area contributed by atoms with Crippen LogP contribution in [0.2, 0.25) is 0 Å². The Hall–Kier alpha value is -2.89. The first-order valence-electron chi connectivity index (χ1n) is 6.31. The highest BCUT2D eigenvalue weighted by atomic mass is 16.6. The number of hydrogen-bond donors (Lipinski definition) is 2. The highest BCUT2D eigenvalue weighted by molar-refractivity contribution is 5.81. The summed E-state index contributed by atoms with van der Waals surface area (Å²) in [6, 6.07) is 9.86. The highest BCUT2D eigenvalue weighted by Crippen LogP contribution is 2.24. The first-order chi connectivity index (χ1) is 9.99. The topological polar surface area (TPSA) is 87.8 Å². The average Bonchev–Trinajstić information content (AvgIpc) is 2.45. The quantitative estimate of drug-likeness (QED) is 0.512. The van der Waals surface area contributed by atoms with E-state index in [1.807, 2.05) is 0 Å². The minimum absolute atomic E-state index is 0.0345. The predicted octanol–water partition coefficient (Wildman–Crippen LogP) is 3.36. The number of hydrazone groups is 1. The zero-order valence-corrected chi connectivity index (χ0v) is 11.7. The number of phenolic OH excluding ortho intramolecular Hbond substituents is 1. The lowest BCUT2D eigenvalue weighted by atomic mass is 10.1. The monoisotopic (exact) mass is 285 g/mol. The summed E-state index contributed by atoms with van der Waals surface area (Å²) in [5.74, 6) is 0.263. The van der Waals surface area contributed by atoms with Gasteiger partial charge in [-0.1, -0.05) is 12.1 Å². The van der Waals surface area contributed by atoms with Crippen molar-refractivity contribution in [3.05, 3.63) is 63.2 Å². The number of benzene rings is 2. The smallest absolute Gasteiger partial charge is 0.294 e. The zero-order chi connectivity index (χ0) is 15.4. The second kappa shape index (κ2) is 6.04. The molecule has 2 aromatic carbocycles. The maximum atomic E-state index is 10.9. The molecule has 0 aliphatic rings. The molecule has 0 atom stereocenters. The number of para-hydroxylation sites is 2. The van der Waals surface area contributed by atoms with Crippen molar-refractivity contribution in [2.24, 2.45) is 5.10 Å². The van der Waals surface area contributed by atoms with Gasteiger partial charge in [0.1, 0.15) is 11.4 Å². The van der Waals surface area contributed by atoms with Crippen molar-refractivity contribution < 1.29 is 10.0 Å². The van der Waals surface area contributed by atoms with Crippen molar-refractivity contribution >= 4 is 17.6 Å². The summed E-state index contributed by atoms with van der Waals surface area (Å²) < 4.78 is 0. The SMILES string of the molecule is Cc1cc(/C=N/Nc2ccccc2[N+](=O)[O-])cc(C)c1O. The van der Waals surface area contributed by atoms with Crippen molar-refractivity contribution in [3.8, 4) is 5.75 Å². The van der Waals surface area contributed by atoms with Crippen LogP contribution < -0.4 is 5.43 Å². The maximum absolute atomic E-state index is 10.9. The number of aryl methyl sites for hydroxylation is 2. The summed E-state index contributed by atoms with van der Waals surface area (Å²) >= 11 is 0. The lowest BCUT2D eigenvalue weighted by molar-refractivity contribution is -0.384. The highest BCUT2D eigenvalue weighted by Gasteiger charge is 2.10. The van der Waals surface area contributed by atoms with Crippen LogP contribution in [0.25, 0.3) is 0 Å². The summed E-state index contributed by atoms with van der Waals surface area (Å²) in [4.78, 5) is 10.4. The van der Waals surface area contributed by atoms with Gasteiger partial charge in [-0.25, -0.2) is 0 Å². The number of anilines is 1. The van der Waals surface area contributed by atoms with Crippen LogP contribution in [0, 0.1) is 24.0 Å².